The highest BCUT2D eigenvalue weighted by atomic mass is 32.2. The van der Waals surface area contributed by atoms with Crippen molar-refractivity contribution in [1.82, 2.24) is 9.36 Å². The van der Waals surface area contributed by atoms with Crippen molar-refractivity contribution in [3.63, 3.8) is 0 Å². The third-order valence-electron chi connectivity index (χ3n) is 2.49. The summed E-state index contributed by atoms with van der Waals surface area (Å²) in [6, 6.07) is 4.29. The number of halogens is 3. The van der Waals surface area contributed by atoms with E-state index >= 15 is 0 Å². The van der Waals surface area contributed by atoms with Crippen molar-refractivity contribution in [1.29, 1.82) is 0 Å². The van der Waals surface area contributed by atoms with Gasteiger partial charge in [0, 0.05) is 4.90 Å². The quantitative estimate of drug-likeness (QED) is 0.937. The summed E-state index contributed by atoms with van der Waals surface area (Å²) in [7, 11) is 0. The minimum absolute atomic E-state index is 0.134. The van der Waals surface area contributed by atoms with Crippen LogP contribution in [0.4, 0.5) is 13.2 Å². The van der Waals surface area contributed by atoms with Crippen LogP contribution in [0.2, 0.25) is 0 Å². The molecule has 2 N–H and O–H groups in total. The second-order valence-corrected chi connectivity index (χ2v) is 6.12. The highest BCUT2D eigenvalue weighted by Gasteiger charge is 2.34. The number of nitrogens with two attached hydrogens (primary N) is 1. The Labute approximate surface area is 122 Å². The molecule has 0 unspecified atom stereocenters. The van der Waals surface area contributed by atoms with E-state index in [-0.39, 0.29) is 4.90 Å². The minimum Gasteiger partial charge on any atom is -0.330 e. The van der Waals surface area contributed by atoms with Gasteiger partial charge in [0.15, 0.2) is 4.34 Å². The maximum atomic E-state index is 13.1. The summed E-state index contributed by atoms with van der Waals surface area (Å²) >= 11 is 2.08. The van der Waals surface area contributed by atoms with Crippen LogP contribution in [0, 0.1) is 6.92 Å². The molecule has 0 aliphatic rings. The first-order chi connectivity index (χ1) is 9.40. The second-order valence-electron chi connectivity index (χ2n) is 4.08. The van der Waals surface area contributed by atoms with Crippen LogP contribution in [0.15, 0.2) is 27.4 Å². The van der Waals surface area contributed by atoms with Gasteiger partial charge in [0.25, 0.3) is 0 Å². The number of benzene rings is 1. The zero-order chi connectivity index (χ0) is 14.8. The molecule has 0 amide bonds. The lowest BCUT2D eigenvalue weighted by Gasteiger charge is -2.13. The number of nitrogens with zero attached hydrogens (tertiary/aromatic N) is 2. The summed E-state index contributed by atoms with van der Waals surface area (Å²) in [6.07, 6.45) is -3.97. The molecule has 0 aliphatic carbocycles. The molecule has 0 saturated heterocycles. The van der Waals surface area contributed by atoms with E-state index in [1.54, 1.807) is 13.0 Å². The number of alkyl halides is 3. The number of aromatic nitrogens is 2. The molecule has 0 bridgehead atoms. The van der Waals surface area contributed by atoms with Gasteiger partial charge in [-0.05, 0) is 49.1 Å². The van der Waals surface area contributed by atoms with Crippen LogP contribution in [-0.2, 0) is 12.6 Å². The fourth-order valence-corrected chi connectivity index (χ4v) is 3.36. The van der Waals surface area contributed by atoms with Crippen molar-refractivity contribution in [3.05, 3.63) is 35.2 Å². The van der Waals surface area contributed by atoms with Gasteiger partial charge in [-0.2, -0.15) is 17.5 Å². The average Bonchev–Trinajstić information content (AvgIpc) is 2.76. The van der Waals surface area contributed by atoms with Crippen molar-refractivity contribution in [3.8, 4) is 0 Å². The van der Waals surface area contributed by atoms with Gasteiger partial charge >= 0.3 is 6.18 Å². The first-order valence-corrected chi connectivity index (χ1v) is 7.37. The first kappa shape index (κ1) is 15.3. The molecule has 2 rings (SSSR count). The zero-order valence-electron chi connectivity index (χ0n) is 10.6. The molecule has 1 aromatic heterocycles. The molecule has 2 aromatic rings. The van der Waals surface area contributed by atoms with E-state index in [2.05, 4.69) is 9.36 Å². The van der Waals surface area contributed by atoms with E-state index in [9.17, 15) is 13.2 Å². The minimum atomic E-state index is -4.40. The lowest BCUT2D eigenvalue weighted by Crippen LogP contribution is -2.09. The fourth-order valence-electron chi connectivity index (χ4n) is 1.62. The molecule has 108 valence electrons. The smallest absolute Gasteiger partial charge is 0.330 e. The van der Waals surface area contributed by atoms with Crippen LogP contribution in [0.1, 0.15) is 17.0 Å². The van der Waals surface area contributed by atoms with Crippen LogP contribution in [0.3, 0.4) is 0 Å². The summed E-state index contributed by atoms with van der Waals surface area (Å²) in [6.45, 7) is 2.02. The predicted molar refractivity (Wildman–Crippen MR) is 73.0 cm³/mol. The van der Waals surface area contributed by atoms with Crippen molar-refractivity contribution in [2.24, 2.45) is 5.73 Å². The lowest BCUT2D eigenvalue weighted by atomic mass is 10.1. The Bertz CT molecular complexity index is 596. The zero-order valence-corrected chi connectivity index (χ0v) is 12.2. The first-order valence-electron chi connectivity index (χ1n) is 5.78. The number of aryl methyl sites for hydroxylation is 1. The molecular formula is C12H12F3N3S2. The maximum Gasteiger partial charge on any atom is 0.417 e. The third kappa shape index (κ3) is 3.71. The van der Waals surface area contributed by atoms with Crippen LogP contribution >= 0.6 is 23.3 Å². The Kier molecular flexibility index (Phi) is 4.66. The standard InChI is InChI=1S/C12H12F3N3S2/c1-7-17-11(20-18-7)19-10-3-2-8(4-5-16)6-9(10)12(13,14)15/h2-3,6H,4-5,16H2,1H3. The average molecular weight is 319 g/mol. The van der Waals surface area contributed by atoms with Gasteiger partial charge in [0.1, 0.15) is 5.82 Å². The summed E-state index contributed by atoms with van der Waals surface area (Å²) in [5, 5.41) is 0. The molecular weight excluding hydrogens is 307 g/mol. The molecule has 0 aliphatic heterocycles. The van der Waals surface area contributed by atoms with Gasteiger partial charge in [-0.3, -0.25) is 0 Å². The Hall–Kier alpha value is -1.12. The Morgan fingerprint density at radius 3 is 2.65 bits per heavy atom. The summed E-state index contributed by atoms with van der Waals surface area (Å²) < 4.78 is 43.8. The van der Waals surface area contributed by atoms with Gasteiger partial charge in [-0.15, -0.1) is 0 Å². The van der Waals surface area contributed by atoms with E-state index in [0.717, 1.165) is 29.4 Å². The second kappa shape index (κ2) is 6.11. The summed E-state index contributed by atoms with van der Waals surface area (Å²) in [4.78, 5) is 4.20. The number of hydrogen-bond donors (Lipinski definition) is 1. The highest BCUT2D eigenvalue weighted by Crippen LogP contribution is 2.40. The van der Waals surface area contributed by atoms with Gasteiger partial charge in [0.05, 0.1) is 5.56 Å². The molecule has 3 nitrogen and oxygen atoms in total. The van der Waals surface area contributed by atoms with Gasteiger partial charge in [0.2, 0.25) is 0 Å². The van der Waals surface area contributed by atoms with E-state index in [1.165, 1.54) is 6.07 Å². The van der Waals surface area contributed by atoms with E-state index in [0.29, 0.717) is 28.7 Å². The molecule has 8 heteroatoms. The topological polar surface area (TPSA) is 51.8 Å². The van der Waals surface area contributed by atoms with E-state index in [4.69, 9.17) is 5.73 Å². The molecule has 0 spiro atoms. The number of rotatable bonds is 4. The Balaban J connectivity index is 2.36. The van der Waals surface area contributed by atoms with Crippen molar-refractivity contribution in [2.75, 3.05) is 6.54 Å². The summed E-state index contributed by atoms with van der Waals surface area (Å²) in [5.74, 6) is 0.561. The van der Waals surface area contributed by atoms with Gasteiger partial charge in [-0.1, -0.05) is 17.8 Å². The number of hydrogen-bond acceptors (Lipinski definition) is 5. The largest absolute Gasteiger partial charge is 0.417 e. The molecule has 20 heavy (non-hydrogen) atoms. The molecule has 0 atom stereocenters. The van der Waals surface area contributed by atoms with Crippen molar-refractivity contribution < 1.29 is 13.2 Å². The van der Waals surface area contributed by atoms with Crippen LogP contribution < -0.4 is 5.73 Å². The third-order valence-corrected chi connectivity index (χ3v) is 4.41. The normalized spacial score (nSPS) is 11.8. The lowest BCUT2D eigenvalue weighted by molar-refractivity contribution is -0.139. The van der Waals surface area contributed by atoms with Crippen LogP contribution in [0.25, 0.3) is 0 Å². The fraction of sp³-hybridized carbons (Fsp3) is 0.333. The molecule has 0 saturated carbocycles. The van der Waals surface area contributed by atoms with Gasteiger partial charge in [-0.25, -0.2) is 4.98 Å². The van der Waals surface area contributed by atoms with Crippen LogP contribution in [-0.4, -0.2) is 15.9 Å². The molecule has 0 fully saturated rings. The predicted octanol–water partition coefficient (Wildman–Crippen LogP) is 3.52. The van der Waals surface area contributed by atoms with Crippen molar-refractivity contribution in [2.45, 2.75) is 28.8 Å². The molecule has 0 radical (unpaired) electrons. The van der Waals surface area contributed by atoms with E-state index in [1.807, 2.05) is 0 Å². The Morgan fingerprint density at radius 1 is 1.35 bits per heavy atom. The van der Waals surface area contributed by atoms with Gasteiger partial charge < -0.3 is 5.73 Å². The maximum absolute atomic E-state index is 13.1. The molecule has 1 aromatic carbocycles. The highest BCUT2D eigenvalue weighted by molar-refractivity contribution is 8.01. The SMILES string of the molecule is Cc1nsc(Sc2ccc(CCN)cc2C(F)(F)F)n1. The van der Waals surface area contributed by atoms with E-state index < -0.39 is 11.7 Å². The Morgan fingerprint density at radius 2 is 2.10 bits per heavy atom. The monoisotopic (exact) mass is 319 g/mol. The van der Waals surface area contributed by atoms with Crippen molar-refractivity contribution >= 4 is 23.3 Å². The molecule has 1 heterocycles. The van der Waals surface area contributed by atoms with Crippen LogP contribution in [0.5, 0.6) is 0 Å². The summed E-state index contributed by atoms with van der Waals surface area (Å²) in [5.41, 5.74) is 5.31.